The molecule has 158 valence electrons. The third kappa shape index (κ3) is 3.92. The zero-order valence-corrected chi connectivity index (χ0v) is 17.0. The number of hydrogen-bond donors (Lipinski definition) is 3. The average Bonchev–Trinajstić information content (AvgIpc) is 3.51. The summed E-state index contributed by atoms with van der Waals surface area (Å²) in [5.41, 5.74) is 2.98. The van der Waals surface area contributed by atoms with Crippen LogP contribution in [0.4, 0.5) is 11.6 Å². The first kappa shape index (κ1) is 19.1. The molecule has 3 aromatic rings. The second-order valence-corrected chi connectivity index (χ2v) is 8.54. The Kier molecular flexibility index (Phi) is 5.16. The van der Waals surface area contributed by atoms with Crippen LogP contribution < -0.4 is 15.4 Å². The standard InChI is InChI=1S/C22H28N6O2/c29-14-17-5-1-2-6-19(17)25-20-10-21(23-11-15-4-3-9-27(30)13-15)28-22(26-20)18(12-24-28)16-7-8-16/h3-4,9-10,12-13,16-17,19,23,29H,1-2,5-8,11,14H2,(H,25,26)/t17-,19-/m0/s1. The highest BCUT2D eigenvalue weighted by Crippen LogP contribution is 2.42. The predicted octanol–water partition coefficient (Wildman–Crippen LogP) is 2.82. The Morgan fingerprint density at radius 2 is 2.10 bits per heavy atom. The van der Waals surface area contributed by atoms with Crippen LogP contribution in [-0.4, -0.2) is 32.4 Å². The first-order valence-electron chi connectivity index (χ1n) is 10.9. The highest BCUT2D eigenvalue weighted by molar-refractivity contribution is 5.62. The van der Waals surface area contributed by atoms with Crippen LogP contribution in [0.1, 0.15) is 55.6 Å². The molecule has 2 aliphatic rings. The zero-order chi connectivity index (χ0) is 20.5. The molecule has 3 aromatic heterocycles. The van der Waals surface area contributed by atoms with Gasteiger partial charge in [-0.3, -0.25) is 0 Å². The van der Waals surface area contributed by atoms with E-state index in [-0.39, 0.29) is 18.6 Å². The van der Waals surface area contributed by atoms with Crippen LogP contribution in [0.2, 0.25) is 0 Å². The summed E-state index contributed by atoms with van der Waals surface area (Å²) in [6.45, 7) is 0.719. The fourth-order valence-corrected chi connectivity index (χ4v) is 4.47. The van der Waals surface area contributed by atoms with Crippen molar-refractivity contribution in [1.82, 2.24) is 14.6 Å². The van der Waals surface area contributed by atoms with E-state index in [4.69, 9.17) is 4.98 Å². The minimum atomic E-state index is 0.203. The summed E-state index contributed by atoms with van der Waals surface area (Å²) in [4.78, 5) is 4.90. The van der Waals surface area contributed by atoms with Gasteiger partial charge in [0, 0.05) is 48.4 Å². The predicted molar refractivity (Wildman–Crippen MR) is 114 cm³/mol. The van der Waals surface area contributed by atoms with Crippen molar-refractivity contribution in [1.29, 1.82) is 0 Å². The fourth-order valence-electron chi connectivity index (χ4n) is 4.47. The van der Waals surface area contributed by atoms with Crippen molar-refractivity contribution in [2.75, 3.05) is 17.2 Å². The molecule has 0 amide bonds. The molecule has 0 bridgehead atoms. The van der Waals surface area contributed by atoms with E-state index in [1.54, 1.807) is 12.3 Å². The Balaban J connectivity index is 1.45. The molecule has 0 saturated heterocycles. The highest BCUT2D eigenvalue weighted by Gasteiger charge is 2.29. The molecule has 2 fully saturated rings. The minimum absolute atomic E-state index is 0.203. The summed E-state index contributed by atoms with van der Waals surface area (Å²) in [5, 5.41) is 32.9. The van der Waals surface area contributed by atoms with Crippen LogP contribution in [-0.2, 0) is 6.54 Å². The number of anilines is 2. The van der Waals surface area contributed by atoms with E-state index in [9.17, 15) is 10.3 Å². The van der Waals surface area contributed by atoms with Crippen molar-refractivity contribution in [3.63, 3.8) is 0 Å². The van der Waals surface area contributed by atoms with Crippen LogP contribution in [0.5, 0.6) is 0 Å². The smallest absolute Gasteiger partial charge is 0.185 e. The number of nitrogens with one attached hydrogen (secondary N) is 2. The molecule has 0 spiro atoms. The molecule has 0 unspecified atom stereocenters. The van der Waals surface area contributed by atoms with Crippen molar-refractivity contribution < 1.29 is 9.84 Å². The second kappa shape index (κ2) is 8.10. The van der Waals surface area contributed by atoms with E-state index in [2.05, 4.69) is 15.7 Å². The monoisotopic (exact) mass is 408 g/mol. The average molecular weight is 409 g/mol. The molecule has 8 heteroatoms. The zero-order valence-electron chi connectivity index (χ0n) is 17.0. The Morgan fingerprint density at radius 3 is 2.90 bits per heavy atom. The molecule has 5 rings (SSSR count). The summed E-state index contributed by atoms with van der Waals surface area (Å²) in [7, 11) is 0. The van der Waals surface area contributed by atoms with E-state index in [0.717, 1.165) is 40.4 Å². The maximum atomic E-state index is 11.6. The number of aliphatic hydroxyl groups excluding tert-OH is 1. The summed E-state index contributed by atoms with van der Waals surface area (Å²) in [6, 6.07) is 5.88. The Bertz CT molecular complexity index is 1030. The summed E-state index contributed by atoms with van der Waals surface area (Å²) >= 11 is 0. The highest BCUT2D eigenvalue weighted by atomic mass is 16.5. The van der Waals surface area contributed by atoms with Crippen LogP contribution in [0.25, 0.3) is 5.65 Å². The van der Waals surface area contributed by atoms with Crippen LogP contribution >= 0.6 is 0 Å². The van der Waals surface area contributed by atoms with Crippen molar-refractivity contribution in [3.05, 3.63) is 53.1 Å². The van der Waals surface area contributed by atoms with Crippen LogP contribution in [0.3, 0.4) is 0 Å². The quantitative estimate of drug-likeness (QED) is 0.410. The lowest BCUT2D eigenvalue weighted by molar-refractivity contribution is -0.605. The minimum Gasteiger partial charge on any atom is -0.619 e. The van der Waals surface area contributed by atoms with Gasteiger partial charge in [-0.2, -0.15) is 14.3 Å². The normalized spacial score (nSPS) is 21.6. The van der Waals surface area contributed by atoms with Crippen molar-refractivity contribution in [2.45, 2.75) is 57.0 Å². The molecule has 0 aromatic carbocycles. The topological polar surface area (TPSA) is 101 Å². The number of aliphatic hydroxyl groups is 1. The van der Waals surface area contributed by atoms with Crippen molar-refractivity contribution in [2.24, 2.45) is 5.92 Å². The van der Waals surface area contributed by atoms with Gasteiger partial charge in [0.25, 0.3) is 0 Å². The summed E-state index contributed by atoms with van der Waals surface area (Å²) in [5.74, 6) is 2.46. The number of hydrogen-bond acceptors (Lipinski definition) is 6. The van der Waals surface area contributed by atoms with Gasteiger partial charge < -0.3 is 20.9 Å². The molecular formula is C22H28N6O2. The van der Waals surface area contributed by atoms with Crippen LogP contribution in [0, 0.1) is 11.1 Å². The summed E-state index contributed by atoms with van der Waals surface area (Å²) < 4.78 is 2.67. The Hall–Kier alpha value is -2.87. The van der Waals surface area contributed by atoms with E-state index < -0.39 is 0 Å². The molecule has 0 radical (unpaired) electrons. The van der Waals surface area contributed by atoms with E-state index in [0.29, 0.717) is 12.5 Å². The lowest BCUT2D eigenvalue weighted by atomic mass is 9.85. The van der Waals surface area contributed by atoms with Gasteiger partial charge in [-0.15, -0.1) is 0 Å². The van der Waals surface area contributed by atoms with Crippen molar-refractivity contribution >= 4 is 17.3 Å². The summed E-state index contributed by atoms with van der Waals surface area (Å²) in [6.07, 6.45) is 11.8. The van der Waals surface area contributed by atoms with Crippen molar-refractivity contribution in [3.8, 4) is 0 Å². The number of rotatable bonds is 7. The lowest BCUT2D eigenvalue weighted by Gasteiger charge is -2.31. The number of fused-ring (bicyclic) bond motifs is 1. The molecule has 2 atom stereocenters. The molecular weight excluding hydrogens is 380 g/mol. The molecule has 8 nitrogen and oxygen atoms in total. The van der Waals surface area contributed by atoms with Gasteiger partial charge in [-0.25, -0.2) is 4.98 Å². The van der Waals surface area contributed by atoms with Gasteiger partial charge in [0.15, 0.2) is 18.0 Å². The van der Waals surface area contributed by atoms with Gasteiger partial charge in [0.1, 0.15) is 11.6 Å². The lowest BCUT2D eigenvalue weighted by Crippen LogP contribution is -2.34. The van der Waals surface area contributed by atoms with E-state index in [1.807, 2.05) is 22.8 Å². The number of pyridine rings is 1. The van der Waals surface area contributed by atoms with Gasteiger partial charge in [0.05, 0.1) is 6.20 Å². The maximum Gasteiger partial charge on any atom is 0.185 e. The van der Waals surface area contributed by atoms with Crippen LogP contribution in [0.15, 0.2) is 36.8 Å². The van der Waals surface area contributed by atoms with Gasteiger partial charge >= 0.3 is 0 Å². The van der Waals surface area contributed by atoms with E-state index in [1.165, 1.54) is 37.4 Å². The third-order valence-electron chi connectivity index (χ3n) is 6.30. The molecule has 3 N–H and O–H groups in total. The molecule has 2 saturated carbocycles. The second-order valence-electron chi connectivity index (χ2n) is 8.54. The first-order valence-corrected chi connectivity index (χ1v) is 10.9. The molecule has 30 heavy (non-hydrogen) atoms. The molecule has 0 aliphatic heterocycles. The number of nitrogens with zero attached hydrogens (tertiary/aromatic N) is 4. The molecule has 3 heterocycles. The Labute approximate surface area is 175 Å². The SMILES string of the molecule is [O-][n+]1cccc(CNc2cc(N[C@H]3CCCC[C@H]3CO)nc3c(C4CC4)cnn23)c1. The van der Waals surface area contributed by atoms with Gasteiger partial charge in [-0.1, -0.05) is 12.8 Å². The largest absolute Gasteiger partial charge is 0.619 e. The molecule has 2 aliphatic carbocycles. The fraction of sp³-hybridized carbons (Fsp3) is 0.500. The number of aromatic nitrogens is 4. The Morgan fingerprint density at radius 1 is 1.23 bits per heavy atom. The first-order chi connectivity index (χ1) is 14.7. The van der Waals surface area contributed by atoms with E-state index >= 15 is 0 Å². The van der Waals surface area contributed by atoms with Gasteiger partial charge in [0.2, 0.25) is 0 Å². The van der Waals surface area contributed by atoms with Gasteiger partial charge in [-0.05, 0) is 37.7 Å². The third-order valence-corrected chi connectivity index (χ3v) is 6.30. The maximum absolute atomic E-state index is 11.6.